The quantitative estimate of drug-likeness (QED) is 0.513. The Hall–Kier alpha value is -2.92. The Kier molecular flexibility index (Phi) is 4.31. The van der Waals surface area contributed by atoms with Crippen LogP contribution >= 0.6 is 11.3 Å². The van der Waals surface area contributed by atoms with Crippen molar-refractivity contribution in [3.63, 3.8) is 0 Å². The van der Waals surface area contributed by atoms with Crippen LogP contribution in [-0.4, -0.2) is 10.5 Å². The fourth-order valence-corrected chi connectivity index (χ4v) is 3.83. The van der Waals surface area contributed by atoms with Crippen molar-refractivity contribution in [1.82, 2.24) is 4.57 Å². The van der Waals surface area contributed by atoms with Crippen LogP contribution in [0, 0.1) is 12.7 Å². The van der Waals surface area contributed by atoms with Crippen molar-refractivity contribution in [2.75, 3.05) is 5.32 Å². The number of amides is 1. The van der Waals surface area contributed by atoms with E-state index in [0.717, 1.165) is 27.0 Å². The van der Waals surface area contributed by atoms with E-state index in [2.05, 4.69) is 5.32 Å². The van der Waals surface area contributed by atoms with Gasteiger partial charge in [0.1, 0.15) is 11.5 Å². The smallest absolute Gasteiger partial charge is 0.272 e. The van der Waals surface area contributed by atoms with E-state index in [-0.39, 0.29) is 11.7 Å². The van der Waals surface area contributed by atoms with Gasteiger partial charge >= 0.3 is 0 Å². The lowest BCUT2D eigenvalue weighted by Gasteiger charge is -2.12. The monoisotopic (exact) mass is 364 g/mol. The molecule has 4 rings (SSSR count). The summed E-state index contributed by atoms with van der Waals surface area (Å²) < 4.78 is 16.2. The number of para-hydroxylation sites is 1. The van der Waals surface area contributed by atoms with Crippen molar-refractivity contribution in [3.05, 3.63) is 88.7 Å². The van der Waals surface area contributed by atoms with Crippen molar-refractivity contribution in [2.24, 2.45) is 0 Å². The summed E-state index contributed by atoms with van der Waals surface area (Å²) in [5.41, 5.74) is 4.36. The summed E-state index contributed by atoms with van der Waals surface area (Å²) in [5.74, 6) is -0.413. The molecule has 2 aromatic carbocycles. The molecule has 0 unspecified atom stereocenters. The molecule has 26 heavy (non-hydrogen) atoms. The molecule has 0 fully saturated rings. The molecule has 4 aromatic rings. The molecule has 0 aliphatic heterocycles. The number of nitrogens with one attached hydrogen (secondary N) is 1. The Bertz CT molecular complexity index is 1080. The fourth-order valence-electron chi connectivity index (χ4n) is 3.01. The maximum atomic E-state index is 13.2. The normalized spacial score (nSPS) is 11.0. The van der Waals surface area contributed by atoms with Crippen LogP contribution in [0.25, 0.3) is 10.2 Å². The van der Waals surface area contributed by atoms with Crippen LogP contribution < -0.4 is 5.32 Å². The second kappa shape index (κ2) is 6.77. The SMILES string of the molecule is Cc1ccccc1NC(=O)c1cc2sccc2n1Cc1ccc(F)cc1. The minimum Gasteiger partial charge on any atom is -0.331 e. The van der Waals surface area contributed by atoms with Crippen LogP contribution in [0.15, 0.2) is 66.0 Å². The molecule has 2 aromatic heterocycles. The number of aromatic nitrogens is 1. The van der Waals surface area contributed by atoms with Crippen LogP contribution in [0.1, 0.15) is 21.6 Å². The molecule has 0 bridgehead atoms. The van der Waals surface area contributed by atoms with Gasteiger partial charge in [0.2, 0.25) is 0 Å². The molecule has 5 heteroatoms. The molecule has 0 spiro atoms. The average molecular weight is 364 g/mol. The molecule has 2 heterocycles. The van der Waals surface area contributed by atoms with E-state index in [0.29, 0.717) is 12.2 Å². The van der Waals surface area contributed by atoms with Gasteiger partial charge in [-0.3, -0.25) is 4.79 Å². The summed E-state index contributed by atoms with van der Waals surface area (Å²) in [6.07, 6.45) is 0. The highest BCUT2D eigenvalue weighted by atomic mass is 32.1. The molecule has 130 valence electrons. The van der Waals surface area contributed by atoms with E-state index in [1.54, 1.807) is 23.5 Å². The molecule has 0 radical (unpaired) electrons. The lowest BCUT2D eigenvalue weighted by molar-refractivity contribution is 0.101. The van der Waals surface area contributed by atoms with Gasteiger partial charge in [0, 0.05) is 12.2 Å². The first-order chi connectivity index (χ1) is 12.6. The highest BCUT2D eigenvalue weighted by molar-refractivity contribution is 7.17. The number of hydrogen-bond donors (Lipinski definition) is 1. The lowest BCUT2D eigenvalue weighted by Crippen LogP contribution is -2.18. The summed E-state index contributed by atoms with van der Waals surface area (Å²) in [6.45, 7) is 2.47. The third kappa shape index (κ3) is 3.13. The molecule has 0 aliphatic carbocycles. The van der Waals surface area contributed by atoms with E-state index < -0.39 is 0 Å². The minimum atomic E-state index is -0.264. The van der Waals surface area contributed by atoms with E-state index in [1.807, 2.05) is 53.3 Å². The van der Waals surface area contributed by atoms with E-state index in [4.69, 9.17) is 0 Å². The summed E-state index contributed by atoms with van der Waals surface area (Å²) in [6, 6.07) is 18.0. The molecule has 0 saturated heterocycles. The predicted molar refractivity (Wildman–Crippen MR) is 104 cm³/mol. The van der Waals surface area contributed by atoms with Gasteiger partial charge in [0.25, 0.3) is 5.91 Å². The first-order valence-electron chi connectivity index (χ1n) is 8.30. The number of thiophene rings is 1. The summed E-state index contributed by atoms with van der Waals surface area (Å²) in [5, 5.41) is 5.01. The molecule has 1 N–H and O–H groups in total. The van der Waals surface area contributed by atoms with Crippen LogP contribution in [0.3, 0.4) is 0 Å². The number of halogens is 1. The van der Waals surface area contributed by atoms with E-state index in [9.17, 15) is 9.18 Å². The van der Waals surface area contributed by atoms with Gasteiger partial charge in [-0.25, -0.2) is 4.39 Å². The van der Waals surface area contributed by atoms with Gasteiger partial charge in [-0.1, -0.05) is 30.3 Å². The molecule has 0 saturated carbocycles. The zero-order valence-corrected chi connectivity index (χ0v) is 15.0. The number of carbonyl (C=O) groups excluding carboxylic acids is 1. The second-order valence-electron chi connectivity index (χ2n) is 6.18. The van der Waals surface area contributed by atoms with Gasteiger partial charge in [-0.15, -0.1) is 11.3 Å². The minimum absolute atomic E-state index is 0.148. The van der Waals surface area contributed by atoms with Crippen LogP contribution in [0.2, 0.25) is 0 Å². The number of anilines is 1. The Morgan fingerprint density at radius 1 is 1.12 bits per heavy atom. The maximum absolute atomic E-state index is 13.2. The van der Waals surface area contributed by atoms with Crippen LogP contribution in [0.5, 0.6) is 0 Å². The highest BCUT2D eigenvalue weighted by Gasteiger charge is 2.17. The van der Waals surface area contributed by atoms with Crippen molar-refractivity contribution in [1.29, 1.82) is 0 Å². The van der Waals surface area contributed by atoms with Gasteiger partial charge < -0.3 is 9.88 Å². The maximum Gasteiger partial charge on any atom is 0.272 e. The van der Waals surface area contributed by atoms with E-state index >= 15 is 0 Å². The van der Waals surface area contributed by atoms with Gasteiger partial charge in [0.05, 0.1) is 10.2 Å². The zero-order chi connectivity index (χ0) is 18.1. The van der Waals surface area contributed by atoms with Gasteiger partial charge in [-0.05, 0) is 53.8 Å². The summed E-state index contributed by atoms with van der Waals surface area (Å²) in [7, 11) is 0. The predicted octanol–water partition coefficient (Wildman–Crippen LogP) is 5.45. The van der Waals surface area contributed by atoms with Crippen molar-refractivity contribution >= 4 is 33.1 Å². The molecular weight excluding hydrogens is 347 g/mol. The Balaban J connectivity index is 1.70. The molecule has 3 nitrogen and oxygen atoms in total. The van der Waals surface area contributed by atoms with Crippen molar-refractivity contribution in [2.45, 2.75) is 13.5 Å². The highest BCUT2D eigenvalue weighted by Crippen LogP contribution is 2.27. The van der Waals surface area contributed by atoms with Crippen LogP contribution in [0.4, 0.5) is 10.1 Å². The Morgan fingerprint density at radius 3 is 2.65 bits per heavy atom. The Labute approximate surface area is 154 Å². The number of carbonyl (C=O) groups is 1. The number of fused-ring (bicyclic) bond motifs is 1. The van der Waals surface area contributed by atoms with Crippen molar-refractivity contribution in [3.8, 4) is 0 Å². The Morgan fingerprint density at radius 2 is 1.88 bits per heavy atom. The zero-order valence-electron chi connectivity index (χ0n) is 14.2. The topological polar surface area (TPSA) is 34.0 Å². The summed E-state index contributed by atoms with van der Waals surface area (Å²) in [4.78, 5) is 12.9. The first-order valence-corrected chi connectivity index (χ1v) is 9.18. The summed E-state index contributed by atoms with van der Waals surface area (Å²) >= 11 is 1.60. The number of nitrogens with zero attached hydrogens (tertiary/aromatic N) is 1. The standard InChI is InChI=1S/C21H17FN2OS/c1-14-4-2-3-5-17(14)23-21(25)19-12-20-18(10-11-26-20)24(19)13-15-6-8-16(22)9-7-15/h2-12H,13H2,1H3,(H,23,25). The fraction of sp³-hybridized carbons (Fsp3) is 0.0952. The lowest BCUT2D eigenvalue weighted by atomic mass is 10.2. The largest absolute Gasteiger partial charge is 0.331 e. The van der Waals surface area contributed by atoms with E-state index in [1.165, 1.54) is 12.1 Å². The molecule has 0 atom stereocenters. The average Bonchev–Trinajstić information content (AvgIpc) is 3.21. The second-order valence-corrected chi connectivity index (χ2v) is 7.13. The third-order valence-corrected chi connectivity index (χ3v) is 5.26. The number of aryl methyl sites for hydroxylation is 1. The number of benzene rings is 2. The number of hydrogen-bond acceptors (Lipinski definition) is 2. The molecular formula is C21H17FN2OS. The molecule has 0 aliphatic rings. The van der Waals surface area contributed by atoms with Gasteiger partial charge in [-0.2, -0.15) is 0 Å². The van der Waals surface area contributed by atoms with Crippen molar-refractivity contribution < 1.29 is 9.18 Å². The van der Waals surface area contributed by atoms with Gasteiger partial charge in [0.15, 0.2) is 0 Å². The first kappa shape index (κ1) is 16.5. The molecule has 1 amide bonds. The third-order valence-electron chi connectivity index (χ3n) is 4.40. The number of rotatable bonds is 4. The van der Waals surface area contributed by atoms with Crippen LogP contribution in [-0.2, 0) is 6.54 Å².